The van der Waals surface area contributed by atoms with E-state index in [-0.39, 0.29) is 11.8 Å². The van der Waals surface area contributed by atoms with E-state index in [0.717, 1.165) is 5.56 Å². The van der Waals surface area contributed by atoms with E-state index in [9.17, 15) is 9.59 Å². The van der Waals surface area contributed by atoms with Crippen LogP contribution in [-0.4, -0.2) is 47.0 Å². The molecule has 25 heavy (non-hydrogen) atoms. The summed E-state index contributed by atoms with van der Waals surface area (Å²) in [4.78, 5) is 28.6. The predicted molar refractivity (Wildman–Crippen MR) is 95.5 cm³/mol. The number of nitrogens with zero attached hydrogens (tertiary/aromatic N) is 4. The molecule has 0 spiro atoms. The highest BCUT2D eigenvalue weighted by atomic mass is 16.2. The molecule has 0 saturated carbocycles. The lowest BCUT2D eigenvalue weighted by Crippen LogP contribution is -2.42. The van der Waals surface area contributed by atoms with Crippen molar-refractivity contribution in [3.8, 4) is 0 Å². The van der Waals surface area contributed by atoms with Gasteiger partial charge in [-0.1, -0.05) is 18.2 Å². The smallest absolute Gasteiger partial charge is 0.255 e. The first-order valence-corrected chi connectivity index (χ1v) is 8.10. The fourth-order valence-corrected chi connectivity index (χ4v) is 2.87. The molecule has 0 aliphatic carbocycles. The van der Waals surface area contributed by atoms with Gasteiger partial charge in [-0.3, -0.25) is 9.59 Å². The van der Waals surface area contributed by atoms with Crippen LogP contribution in [0.5, 0.6) is 0 Å². The fraction of sp³-hybridized carbons (Fsp3) is 0.333. The van der Waals surface area contributed by atoms with Crippen molar-refractivity contribution in [2.45, 2.75) is 26.4 Å². The number of amides is 2. The number of carbonyl (C=O) groups excluding carboxylic acids is 2. The van der Waals surface area contributed by atoms with Gasteiger partial charge in [0.2, 0.25) is 5.91 Å². The average Bonchev–Trinajstić information content (AvgIpc) is 2.91. The summed E-state index contributed by atoms with van der Waals surface area (Å²) in [6.07, 6.45) is 0. The Morgan fingerprint density at radius 3 is 2.68 bits per heavy atom. The summed E-state index contributed by atoms with van der Waals surface area (Å²) in [5.41, 5.74) is 2.90. The Bertz CT molecular complexity index is 834. The van der Waals surface area contributed by atoms with Crippen LogP contribution in [0.2, 0.25) is 0 Å². The molecule has 1 N–H and O–H groups in total. The summed E-state index contributed by atoms with van der Waals surface area (Å²) in [5.74, 6) is 0.203. The monoisotopic (exact) mass is 339 g/mol. The van der Waals surface area contributed by atoms with Gasteiger partial charge in [0.15, 0.2) is 5.82 Å². The lowest BCUT2D eigenvalue weighted by Gasteiger charge is -2.24. The van der Waals surface area contributed by atoms with E-state index in [1.165, 1.54) is 0 Å². The number of anilines is 2. The van der Waals surface area contributed by atoms with Crippen molar-refractivity contribution in [1.29, 1.82) is 0 Å². The molecule has 7 nitrogen and oxygen atoms in total. The Morgan fingerprint density at radius 1 is 1.28 bits per heavy atom. The standard InChI is InChI=1S/C18H21N5O2/c1-11-9-15(16(21-20-11)22(3)4)19-17(24)12(2)23-10-13-7-5-6-8-14(13)18(23)25/h5-9,12H,10H2,1-4H3,(H,19,20,24)/t12-/m1/s1. The number of nitrogens with one attached hydrogen (secondary N) is 1. The first-order valence-electron chi connectivity index (χ1n) is 8.10. The maximum Gasteiger partial charge on any atom is 0.255 e. The normalized spacial score (nSPS) is 14.2. The molecule has 1 atom stereocenters. The molecule has 0 radical (unpaired) electrons. The minimum Gasteiger partial charge on any atom is -0.360 e. The van der Waals surface area contributed by atoms with Crippen molar-refractivity contribution in [2.24, 2.45) is 0 Å². The largest absolute Gasteiger partial charge is 0.360 e. The molecule has 3 rings (SSSR count). The molecular formula is C18H21N5O2. The SMILES string of the molecule is Cc1cc(NC(=O)[C@@H](C)N2Cc3ccccc3C2=O)c(N(C)C)nn1. The van der Waals surface area contributed by atoms with Gasteiger partial charge in [-0.05, 0) is 31.5 Å². The van der Waals surface area contributed by atoms with Gasteiger partial charge in [0.25, 0.3) is 5.91 Å². The van der Waals surface area contributed by atoms with Crippen molar-refractivity contribution in [3.05, 3.63) is 47.2 Å². The summed E-state index contributed by atoms with van der Waals surface area (Å²) in [6, 6.07) is 8.62. The molecule has 0 saturated heterocycles. The van der Waals surface area contributed by atoms with Gasteiger partial charge in [0.1, 0.15) is 6.04 Å². The van der Waals surface area contributed by atoms with Crippen molar-refractivity contribution < 1.29 is 9.59 Å². The predicted octanol–water partition coefficient (Wildman–Crippen LogP) is 1.83. The molecule has 2 aromatic rings. The van der Waals surface area contributed by atoms with Crippen LogP contribution in [0.1, 0.15) is 28.5 Å². The molecule has 130 valence electrons. The van der Waals surface area contributed by atoms with E-state index in [0.29, 0.717) is 29.3 Å². The Hall–Kier alpha value is -2.96. The number of carbonyl (C=O) groups is 2. The van der Waals surface area contributed by atoms with Gasteiger partial charge in [0.05, 0.1) is 11.4 Å². The number of hydrogen-bond acceptors (Lipinski definition) is 5. The second-order valence-corrected chi connectivity index (χ2v) is 6.37. The van der Waals surface area contributed by atoms with Crippen LogP contribution in [0, 0.1) is 6.92 Å². The van der Waals surface area contributed by atoms with Crippen LogP contribution < -0.4 is 10.2 Å². The van der Waals surface area contributed by atoms with Crippen LogP contribution >= 0.6 is 0 Å². The van der Waals surface area contributed by atoms with Crippen molar-refractivity contribution in [3.63, 3.8) is 0 Å². The van der Waals surface area contributed by atoms with Crippen molar-refractivity contribution in [1.82, 2.24) is 15.1 Å². The number of aromatic nitrogens is 2. The minimum atomic E-state index is -0.594. The quantitative estimate of drug-likeness (QED) is 0.919. The van der Waals surface area contributed by atoms with Gasteiger partial charge in [-0.15, -0.1) is 5.10 Å². The van der Waals surface area contributed by atoms with Crippen LogP contribution in [0.4, 0.5) is 11.5 Å². The number of aryl methyl sites for hydroxylation is 1. The molecule has 1 aromatic heterocycles. The zero-order chi connectivity index (χ0) is 18.1. The zero-order valence-corrected chi connectivity index (χ0v) is 14.8. The highest BCUT2D eigenvalue weighted by molar-refractivity contribution is 6.04. The van der Waals surface area contributed by atoms with E-state index in [2.05, 4.69) is 15.5 Å². The van der Waals surface area contributed by atoms with Gasteiger partial charge < -0.3 is 15.1 Å². The number of hydrogen-bond donors (Lipinski definition) is 1. The first kappa shape index (κ1) is 16.9. The minimum absolute atomic E-state index is 0.116. The third-order valence-corrected chi connectivity index (χ3v) is 4.27. The van der Waals surface area contributed by atoms with Gasteiger partial charge in [0, 0.05) is 26.2 Å². The van der Waals surface area contributed by atoms with Crippen LogP contribution in [0.15, 0.2) is 30.3 Å². The van der Waals surface area contributed by atoms with E-state index in [1.807, 2.05) is 39.2 Å². The molecule has 0 bridgehead atoms. The summed E-state index contributed by atoms with van der Waals surface area (Å²) in [5, 5.41) is 11.0. The lowest BCUT2D eigenvalue weighted by molar-refractivity contribution is -0.120. The van der Waals surface area contributed by atoms with Gasteiger partial charge >= 0.3 is 0 Å². The number of benzene rings is 1. The maximum absolute atomic E-state index is 12.7. The summed E-state index contributed by atoms with van der Waals surface area (Å²) >= 11 is 0. The summed E-state index contributed by atoms with van der Waals surface area (Å²) in [6.45, 7) is 3.99. The van der Waals surface area contributed by atoms with Crippen LogP contribution in [0.3, 0.4) is 0 Å². The maximum atomic E-state index is 12.7. The highest BCUT2D eigenvalue weighted by Crippen LogP contribution is 2.26. The lowest BCUT2D eigenvalue weighted by atomic mass is 10.1. The molecule has 1 aliphatic rings. The van der Waals surface area contributed by atoms with Gasteiger partial charge in [-0.25, -0.2) is 0 Å². The fourth-order valence-electron chi connectivity index (χ4n) is 2.87. The molecule has 2 heterocycles. The average molecular weight is 339 g/mol. The second-order valence-electron chi connectivity index (χ2n) is 6.37. The first-order chi connectivity index (χ1) is 11.9. The third-order valence-electron chi connectivity index (χ3n) is 4.27. The van der Waals surface area contributed by atoms with Crippen LogP contribution in [0.25, 0.3) is 0 Å². The second kappa shape index (κ2) is 6.51. The third kappa shape index (κ3) is 3.17. The molecule has 1 aliphatic heterocycles. The number of fused-ring (bicyclic) bond motifs is 1. The highest BCUT2D eigenvalue weighted by Gasteiger charge is 2.33. The van der Waals surface area contributed by atoms with E-state index in [1.54, 1.807) is 28.9 Å². The summed E-state index contributed by atoms with van der Waals surface area (Å²) in [7, 11) is 3.66. The summed E-state index contributed by atoms with van der Waals surface area (Å²) < 4.78 is 0. The van der Waals surface area contributed by atoms with Crippen molar-refractivity contribution >= 4 is 23.3 Å². The molecular weight excluding hydrogens is 318 g/mol. The van der Waals surface area contributed by atoms with E-state index >= 15 is 0 Å². The number of rotatable bonds is 4. The topological polar surface area (TPSA) is 78.4 Å². The zero-order valence-electron chi connectivity index (χ0n) is 14.8. The van der Waals surface area contributed by atoms with E-state index in [4.69, 9.17) is 0 Å². The Balaban J connectivity index is 1.79. The molecule has 0 fully saturated rings. The van der Waals surface area contributed by atoms with Gasteiger partial charge in [-0.2, -0.15) is 5.10 Å². The van der Waals surface area contributed by atoms with Crippen LogP contribution in [-0.2, 0) is 11.3 Å². The Morgan fingerprint density at radius 2 is 2.00 bits per heavy atom. The molecule has 1 aromatic carbocycles. The van der Waals surface area contributed by atoms with Crippen molar-refractivity contribution in [2.75, 3.05) is 24.3 Å². The van der Waals surface area contributed by atoms with E-state index < -0.39 is 6.04 Å². The Labute approximate surface area is 146 Å². The molecule has 0 unspecified atom stereocenters. The molecule has 7 heteroatoms. The molecule has 2 amide bonds. The Kier molecular flexibility index (Phi) is 4.39.